The van der Waals surface area contributed by atoms with Gasteiger partial charge in [0.2, 0.25) is 5.91 Å². The van der Waals surface area contributed by atoms with Crippen LogP contribution < -0.4 is 5.32 Å². The SMILES string of the molecule is CCCCN(C(=O)C1(CC)CCCNC1)C(C)CC. The Kier molecular flexibility index (Phi) is 6.84. The van der Waals surface area contributed by atoms with Crippen LogP contribution in [0.5, 0.6) is 0 Å². The molecule has 0 aromatic rings. The van der Waals surface area contributed by atoms with Gasteiger partial charge in [0, 0.05) is 19.1 Å². The van der Waals surface area contributed by atoms with Crippen molar-refractivity contribution < 1.29 is 4.79 Å². The minimum Gasteiger partial charge on any atom is -0.339 e. The van der Waals surface area contributed by atoms with Crippen LogP contribution in [0.2, 0.25) is 0 Å². The Morgan fingerprint density at radius 1 is 1.37 bits per heavy atom. The third-order valence-corrected chi connectivity index (χ3v) is 4.74. The third-order valence-electron chi connectivity index (χ3n) is 4.74. The minimum atomic E-state index is -0.143. The fourth-order valence-corrected chi connectivity index (χ4v) is 2.98. The highest BCUT2D eigenvalue weighted by atomic mass is 16.2. The zero-order chi connectivity index (χ0) is 14.3. The molecule has 1 N–H and O–H groups in total. The van der Waals surface area contributed by atoms with Crippen molar-refractivity contribution in [3.05, 3.63) is 0 Å². The van der Waals surface area contributed by atoms with Crippen LogP contribution in [0.25, 0.3) is 0 Å². The predicted octanol–water partition coefficient (Wildman–Crippen LogP) is 3.19. The topological polar surface area (TPSA) is 32.3 Å². The second-order valence-electron chi connectivity index (χ2n) is 6.02. The lowest BCUT2D eigenvalue weighted by Gasteiger charge is -2.41. The first-order valence-electron chi connectivity index (χ1n) is 8.13. The monoisotopic (exact) mass is 268 g/mol. The molecular formula is C16H32N2O. The van der Waals surface area contributed by atoms with Crippen LogP contribution in [0, 0.1) is 5.41 Å². The molecule has 3 nitrogen and oxygen atoms in total. The molecule has 0 saturated carbocycles. The van der Waals surface area contributed by atoms with Crippen LogP contribution in [-0.4, -0.2) is 36.5 Å². The van der Waals surface area contributed by atoms with Crippen LogP contribution in [0.15, 0.2) is 0 Å². The molecule has 19 heavy (non-hydrogen) atoms. The quantitative estimate of drug-likeness (QED) is 0.769. The summed E-state index contributed by atoms with van der Waals surface area (Å²) in [5, 5.41) is 3.43. The summed E-state index contributed by atoms with van der Waals surface area (Å²) in [4.78, 5) is 15.2. The van der Waals surface area contributed by atoms with Gasteiger partial charge in [-0.25, -0.2) is 0 Å². The van der Waals surface area contributed by atoms with Gasteiger partial charge < -0.3 is 10.2 Å². The Morgan fingerprint density at radius 2 is 2.11 bits per heavy atom. The van der Waals surface area contributed by atoms with Gasteiger partial charge in [-0.05, 0) is 45.6 Å². The van der Waals surface area contributed by atoms with Gasteiger partial charge in [0.25, 0.3) is 0 Å². The molecule has 0 radical (unpaired) electrons. The summed E-state index contributed by atoms with van der Waals surface area (Å²) in [5.74, 6) is 0.394. The number of carbonyl (C=O) groups excluding carboxylic acids is 1. The largest absolute Gasteiger partial charge is 0.339 e. The summed E-state index contributed by atoms with van der Waals surface area (Å²) < 4.78 is 0. The van der Waals surface area contributed by atoms with E-state index in [4.69, 9.17) is 0 Å². The lowest BCUT2D eigenvalue weighted by Crippen LogP contribution is -2.54. The number of hydrogen-bond donors (Lipinski definition) is 1. The zero-order valence-electron chi connectivity index (χ0n) is 13.3. The number of unbranched alkanes of at least 4 members (excludes halogenated alkanes) is 1. The van der Waals surface area contributed by atoms with E-state index >= 15 is 0 Å². The van der Waals surface area contributed by atoms with Gasteiger partial charge in [0.15, 0.2) is 0 Å². The first-order chi connectivity index (χ1) is 9.11. The molecule has 1 heterocycles. The molecule has 112 valence electrons. The maximum absolute atomic E-state index is 13.0. The van der Waals surface area contributed by atoms with E-state index in [1.807, 2.05) is 0 Å². The minimum absolute atomic E-state index is 0.143. The van der Waals surface area contributed by atoms with Gasteiger partial charge in [-0.15, -0.1) is 0 Å². The Bertz CT molecular complexity index is 272. The van der Waals surface area contributed by atoms with Crippen LogP contribution in [-0.2, 0) is 4.79 Å². The van der Waals surface area contributed by atoms with Crippen molar-refractivity contribution in [3.8, 4) is 0 Å². The Balaban J connectivity index is 2.82. The van der Waals surface area contributed by atoms with E-state index in [2.05, 4.69) is 37.9 Å². The van der Waals surface area contributed by atoms with Crippen LogP contribution in [0.4, 0.5) is 0 Å². The zero-order valence-corrected chi connectivity index (χ0v) is 13.3. The second kappa shape index (κ2) is 7.88. The molecule has 1 aliphatic heterocycles. The lowest BCUT2D eigenvalue weighted by molar-refractivity contribution is -0.146. The Labute approximate surface area is 119 Å². The summed E-state index contributed by atoms with van der Waals surface area (Å²) in [7, 11) is 0. The molecule has 2 unspecified atom stereocenters. The van der Waals surface area contributed by atoms with Gasteiger partial charge in [-0.1, -0.05) is 27.2 Å². The van der Waals surface area contributed by atoms with E-state index in [0.717, 1.165) is 58.2 Å². The van der Waals surface area contributed by atoms with Crippen molar-refractivity contribution >= 4 is 5.91 Å². The van der Waals surface area contributed by atoms with Gasteiger partial charge >= 0.3 is 0 Å². The molecule has 0 aliphatic carbocycles. The Hall–Kier alpha value is -0.570. The fraction of sp³-hybridized carbons (Fsp3) is 0.938. The summed E-state index contributed by atoms with van der Waals surface area (Å²) in [5.41, 5.74) is -0.143. The molecule has 3 heteroatoms. The highest BCUT2D eigenvalue weighted by Gasteiger charge is 2.41. The molecule has 1 fully saturated rings. The molecule has 2 atom stereocenters. The summed E-state index contributed by atoms with van der Waals surface area (Å²) in [6.45, 7) is 11.6. The van der Waals surface area contributed by atoms with Crippen LogP contribution in [0.3, 0.4) is 0 Å². The normalized spacial score (nSPS) is 25.1. The van der Waals surface area contributed by atoms with Crippen molar-refractivity contribution in [1.82, 2.24) is 10.2 Å². The third kappa shape index (κ3) is 3.95. The molecule has 1 aliphatic rings. The predicted molar refractivity (Wildman–Crippen MR) is 81.2 cm³/mol. The van der Waals surface area contributed by atoms with Crippen LogP contribution in [0.1, 0.15) is 66.2 Å². The number of nitrogens with one attached hydrogen (secondary N) is 1. The molecule has 0 aromatic carbocycles. The van der Waals surface area contributed by atoms with Crippen molar-refractivity contribution in [1.29, 1.82) is 0 Å². The number of hydrogen-bond acceptors (Lipinski definition) is 2. The van der Waals surface area contributed by atoms with E-state index in [0.29, 0.717) is 11.9 Å². The van der Waals surface area contributed by atoms with Gasteiger partial charge in [-0.3, -0.25) is 4.79 Å². The highest BCUT2D eigenvalue weighted by Crippen LogP contribution is 2.33. The Morgan fingerprint density at radius 3 is 2.58 bits per heavy atom. The maximum Gasteiger partial charge on any atom is 0.230 e. The highest BCUT2D eigenvalue weighted by molar-refractivity contribution is 5.83. The molecule has 1 amide bonds. The first kappa shape index (κ1) is 16.5. The molecule has 0 spiro atoms. The van der Waals surface area contributed by atoms with Crippen LogP contribution >= 0.6 is 0 Å². The molecule has 0 aromatic heterocycles. The van der Waals surface area contributed by atoms with E-state index < -0.39 is 0 Å². The van der Waals surface area contributed by atoms with Crippen molar-refractivity contribution in [3.63, 3.8) is 0 Å². The average Bonchev–Trinajstić information content (AvgIpc) is 2.47. The molecule has 1 rings (SSSR count). The number of carbonyl (C=O) groups is 1. The fourth-order valence-electron chi connectivity index (χ4n) is 2.98. The van der Waals surface area contributed by atoms with Gasteiger partial charge in [0.1, 0.15) is 0 Å². The molecule has 1 saturated heterocycles. The summed E-state index contributed by atoms with van der Waals surface area (Å²) in [6.07, 6.45) is 6.44. The van der Waals surface area contributed by atoms with E-state index in [1.165, 1.54) is 0 Å². The number of amides is 1. The van der Waals surface area contributed by atoms with E-state index in [-0.39, 0.29) is 5.41 Å². The number of piperidine rings is 1. The van der Waals surface area contributed by atoms with Gasteiger partial charge in [0.05, 0.1) is 5.41 Å². The molecule has 0 bridgehead atoms. The van der Waals surface area contributed by atoms with E-state index in [9.17, 15) is 4.79 Å². The van der Waals surface area contributed by atoms with Crippen molar-refractivity contribution in [2.45, 2.75) is 72.3 Å². The van der Waals surface area contributed by atoms with Gasteiger partial charge in [-0.2, -0.15) is 0 Å². The summed E-state index contributed by atoms with van der Waals surface area (Å²) >= 11 is 0. The maximum atomic E-state index is 13.0. The number of nitrogens with zero attached hydrogens (tertiary/aromatic N) is 1. The van der Waals surface area contributed by atoms with Crippen molar-refractivity contribution in [2.24, 2.45) is 5.41 Å². The number of rotatable bonds is 7. The van der Waals surface area contributed by atoms with Crippen molar-refractivity contribution in [2.75, 3.05) is 19.6 Å². The summed E-state index contributed by atoms with van der Waals surface area (Å²) in [6, 6.07) is 0.365. The lowest BCUT2D eigenvalue weighted by atomic mass is 9.76. The standard InChI is InChI=1S/C16H32N2O/c1-5-8-12-18(14(4)6-2)15(19)16(7-3)10-9-11-17-13-16/h14,17H,5-13H2,1-4H3. The first-order valence-corrected chi connectivity index (χ1v) is 8.13. The smallest absolute Gasteiger partial charge is 0.230 e. The average molecular weight is 268 g/mol. The second-order valence-corrected chi connectivity index (χ2v) is 6.02. The molecular weight excluding hydrogens is 236 g/mol. The van der Waals surface area contributed by atoms with E-state index in [1.54, 1.807) is 0 Å².